The number of ether oxygens (including phenoxy) is 1. The highest BCUT2D eigenvalue weighted by Crippen LogP contribution is 2.27. The van der Waals surface area contributed by atoms with Gasteiger partial charge in [-0.25, -0.2) is 0 Å². The van der Waals surface area contributed by atoms with Crippen LogP contribution in [0.2, 0.25) is 0 Å². The van der Waals surface area contributed by atoms with Crippen LogP contribution in [0.4, 0.5) is 0 Å². The van der Waals surface area contributed by atoms with Crippen molar-refractivity contribution < 1.29 is 14.1 Å². The van der Waals surface area contributed by atoms with Crippen LogP contribution in [-0.2, 0) is 4.57 Å². The number of rotatable bonds is 6. The highest BCUT2D eigenvalue weighted by Gasteiger charge is 2.22. The number of hydrogen-bond acceptors (Lipinski definition) is 3. The van der Waals surface area contributed by atoms with Crippen LogP contribution >= 0.6 is 7.80 Å². The number of Topliss-reactive ketones (excluding diaryl/α,β-unsaturated/α-hetero) is 1. The summed E-state index contributed by atoms with van der Waals surface area (Å²) < 4.78 is 18.1. The molecule has 0 aliphatic heterocycles. The van der Waals surface area contributed by atoms with Gasteiger partial charge in [-0.1, -0.05) is 36.8 Å². The molecule has 0 aromatic heterocycles. The molecule has 0 amide bonds. The summed E-state index contributed by atoms with van der Waals surface area (Å²) in [5.41, 5.74) is 3.77. The van der Waals surface area contributed by atoms with Crippen molar-refractivity contribution in [2.45, 2.75) is 40.7 Å². The Balaban J connectivity index is 2.30. The van der Waals surface area contributed by atoms with Crippen molar-refractivity contribution in [3.63, 3.8) is 0 Å². The summed E-state index contributed by atoms with van der Waals surface area (Å²) in [7, 11) is -1.50. The molecule has 3 nitrogen and oxygen atoms in total. The number of benzene rings is 2. The first-order valence-electron chi connectivity index (χ1n) is 8.17. The minimum absolute atomic E-state index is 0.0495. The lowest BCUT2D eigenvalue weighted by Gasteiger charge is -2.18. The van der Waals surface area contributed by atoms with Crippen molar-refractivity contribution in [3.8, 4) is 5.75 Å². The van der Waals surface area contributed by atoms with Crippen molar-refractivity contribution in [2.75, 3.05) is 6.16 Å². The van der Waals surface area contributed by atoms with Gasteiger partial charge in [-0.3, -0.25) is 9.36 Å². The summed E-state index contributed by atoms with van der Waals surface area (Å²) in [6.45, 7) is 9.54. The van der Waals surface area contributed by atoms with E-state index in [9.17, 15) is 9.36 Å². The Bertz CT molecular complexity index is 757. The molecule has 2 unspecified atom stereocenters. The minimum atomic E-state index is -1.50. The van der Waals surface area contributed by atoms with Gasteiger partial charge in [0.25, 0.3) is 0 Å². The van der Waals surface area contributed by atoms with Crippen LogP contribution in [0.25, 0.3) is 0 Å². The molecule has 0 aliphatic rings. The first kappa shape index (κ1) is 18.4. The molecule has 1 radical (unpaired) electrons. The Morgan fingerprint density at radius 2 is 1.71 bits per heavy atom. The number of para-hydroxylation sites is 1. The summed E-state index contributed by atoms with van der Waals surface area (Å²) in [5.74, 6) is 0.482. The predicted molar refractivity (Wildman–Crippen MR) is 99.3 cm³/mol. The molecular weight excluding hydrogens is 319 g/mol. The fourth-order valence-electron chi connectivity index (χ4n) is 2.95. The monoisotopic (exact) mass is 343 g/mol. The minimum Gasteiger partial charge on any atom is -0.481 e. The summed E-state index contributed by atoms with van der Waals surface area (Å²) in [6, 6.07) is 11.3. The molecule has 2 rings (SSSR count). The van der Waals surface area contributed by atoms with E-state index in [4.69, 9.17) is 4.74 Å². The molecule has 0 N–H and O–H groups in total. The maximum Gasteiger partial charge on any atom is 0.203 e. The first-order valence-corrected chi connectivity index (χ1v) is 9.62. The van der Waals surface area contributed by atoms with Gasteiger partial charge in [0.1, 0.15) is 13.6 Å². The fraction of sp³-hybridized carbons (Fsp3) is 0.350. The molecule has 0 fully saturated rings. The van der Waals surface area contributed by atoms with Crippen molar-refractivity contribution in [1.82, 2.24) is 0 Å². The predicted octanol–water partition coefficient (Wildman–Crippen LogP) is 4.73. The van der Waals surface area contributed by atoms with E-state index >= 15 is 0 Å². The summed E-state index contributed by atoms with van der Waals surface area (Å²) in [5, 5.41) is 0.673. The van der Waals surface area contributed by atoms with Crippen molar-refractivity contribution >= 4 is 18.9 Å². The molecule has 2 atom stereocenters. The Morgan fingerprint density at radius 3 is 2.29 bits per heavy atom. The molecular formula is C20H24O3P. The SMILES string of the molecule is CC[P](=O)c1ccccc1OC(C)C(=O)c1c(C)cc(C)cc1C. The van der Waals surface area contributed by atoms with E-state index < -0.39 is 13.9 Å². The Kier molecular flexibility index (Phi) is 5.90. The molecule has 127 valence electrons. The lowest BCUT2D eigenvalue weighted by atomic mass is 9.94. The fourth-order valence-corrected chi connectivity index (χ4v) is 3.92. The molecule has 24 heavy (non-hydrogen) atoms. The summed E-state index contributed by atoms with van der Waals surface area (Å²) in [6.07, 6.45) is -0.0830. The molecule has 0 spiro atoms. The highest BCUT2D eigenvalue weighted by atomic mass is 31.1. The Morgan fingerprint density at radius 1 is 1.12 bits per heavy atom. The van der Waals surface area contributed by atoms with Gasteiger partial charge in [-0.15, -0.1) is 0 Å². The zero-order chi connectivity index (χ0) is 17.9. The molecule has 2 aromatic rings. The van der Waals surface area contributed by atoms with Gasteiger partial charge in [0, 0.05) is 11.7 Å². The highest BCUT2D eigenvalue weighted by molar-refractivity contribution is 7.53. The van der Waals surface area contributed by atoms with E-state index in [1.807, 2.05) is 52.0 Å². The van der Waals surface area contributed by atoms with Crippen LogP contribution in [0.15, 0.2) is 36.4 Å². The summed E-state index contributed by atoms with van der Waals surface area (Å²) >= 11 is 0. The van der Waals surface area contributed by atoms with Crippen molar-refractivity contribution in [3.05, 3.63) is 58.7 Å². The quantitative estimate of drug-likeness (QED) is 0.562. The van der Waals surface area contributed by atoms with Crippen LogP contribution in [0, 0.1) is 20.8 Å². The van der Waals surface area contributed by atoms with E-state index in [-0.39, 0.29) is 5.78 Å². The second-order valence-electron chi connectivity index (χ2n) is 6.06. The maximum absolute atomic E-state index is 12.9. The molecule has 2 aromatic carbocycles. The van der Waals surface area contributed by atoms with E-state index in [0.717, 1.165) is 16.7 Å². The maximum atomic E-state index is 12.9. The first-order chi connectivity index (χ1) is 11.3. The van der Waals surface area contributed by atoms with Gasteiger partial charge in [0.15, 0.2) is 6.10 Å². The average Bonchev–Trinajstić information content (AvgIpc) is 2.53. The van der Waals surface area contributed by atoms with Gasteiger partial charge in [-0.2, -0.15) is 0 Å². The van der Waals surface area contributed by atoms with Crippen LogP contribution in [0.1, 0.15) is 40.9 Å². The van der Waals surface area contributed by atoms with Crippen LogP contribution in [0.3, 0.4) is 0 Å². The molecule has 0 saturated heterocycles. The van der Waals surface area contributed by atoms with E-state index in [1.54, 1.807) is 19.1 Å². The van der Waals surface area contributed by atoms with Crippen molar-refractivity contribution in [1.29, 1.82) is 0 Å². The second-order valence-corrected chi connectivity index (χ2v) is 7.93. The van der Waals surface area contributed by atoms with Gasteiger partial charge >= 0.3 is 0 Å². The lowest BCUT2D eigenvalue weighted by molar-refractivity contribution is 0.0818. The zero-order valence-electron chi connectivity index (χ0n) is 14.9. The van der Waals surface area contributed by atoms with Gasteiger partial charge in [-0.05, 0) is 51.0 Å². The third-order valence-corrected chi connectivity index (χ3v) is 5.50. The van der Waals surface area contributed by atoms with Crippen LogP contribution < -0.4 is 10.0 Å². The van der Waals surface area contributed by atoms with E-state index in [0.29, 0.717) is 22.8 Å². The number of carbonyl (C=O) groups excluding carboxylic acids is 1. The third kappa shape index (κ3) is 3.91. The molecule has 0 aliphatic carbocycles. The molecule has 0 saturated carbocycles. The standard InChI is InChI=1S/C20H24O3P/c1-6-24(22)18-10-8-7-9-17(18)23-16(5)20(21)19-14(3)11-13(2)12-15(19)4/h7-12,16H,6H2,1-5H3. The molecule has 4 heteroatoms. The van der Waals surface area contributed by atoms with Crippen LogP contribution in [-0.4, -0.2) is 18.0 Å². The average molecular weight is 343 g/mol. The number of ketones is 1. The van der Waals surface area contributed by atoms with E-state index in [2.05, 4.69) is 0 Å². The second kappa shape index (κ2) is 7.72. The Hall–Kier alpha value is -1.99. The summed E-state index contributed by atoms with van der Waals surface area (Å²) in [4.78, 5) is 12.9. The van der Waals surface area contributed by atoms with Gasteiger partial charge in [0.2, 0.25) is 5.78 Å². The third-order valence-electron chi connectivity index (χ3n) is 4.02. The van der Waals surface area contributed by atoms with Crippen molar-refractivity contribution in [2.24, 2.45) is 0 Å². The Labute approximate surface area is 144 Å². The number of hydrogen-bond donors (Lipinski definition) is 0. The van der Waals surface area contributed by atoms with Gasteiger partial charge < -0.3 is 4.74 Å². The normalized spacial score (nSPS) is 12.6. The number of carbonyl (C=O) groups is 1. The number of aryl methyl sites for hydroxylation is 3. The topological polar surface area (TPSA) is 43.4 Å². The zero-order valence-corrected chi connectivity index (χ0v) is 15.8. The van der Waals surface area contributed by atoms with E-state index in [1.165, 1.54) is 0 Å². The largest absolute Gasteiger partial charge is 0.481 e. The van der Waals surface area contributed by atoms with Crippen LogP contribution in [0.5, 0.6) is 5.75 Å². The molecule has 0 bridgehead atoms. The molecule has 0 heterocycles. The van der Waals surface area contributed by atoms with Gasteiger partial charge in [0.05, 0.1) is 5.30 Å². The lowest BCUT2D eigenvalue weighted by Crippen LogP contribution is -2.27. The smallest absolute Gasteiger partial charge is 0.203 e.